The van der Waals surface area contributed by atoms with E-state index in [0.29, 0.717) is 11.3 Å². The van der Waals surface area contributed by atoms with E-state index in [1.807, 2.05) is 30.3 Å². The molecule has 0 aromatic heterocycles. The molecule has 3 aromatic carbocycles. The van der Waals surface area contributed by atoms with Gasteiger partial charge >= 0.3 is 5.69 Å². The number of sulfonamides is 1. The summed E-state index contributed by atoms with van der Waals surface area (Å²) in [4.78, 5) is 9.91. The lowest BCUT2D eigenvalue weighted by Crippen LogP contribution is -2.27. The zero-order valence-corrected chi connectivity index (χ0v) is 15.1. The molecule has 3 rings (SSSR count). The van der Waals surface area contributed by atoms with Crippen molar-refractivity contribution >= 4 is 21.4 Å². The first kappa shape index (κ1) is 18.4. The highest BCUT2D eigenvalue weighted by molar-refractivity contribution is 7.92. The fourth-order valence-electron chi connectivity index (χ4n) is 2.71. The summed E-state index contributed by atoms with van der Waals surface area (Å²) in [6, 6.07) is 19.3. The third kappa shape index (κ3) is 3.47. The Morgan fingerprint density at radius 1 is 0.963 bits per heavy atom. The molecular weight excluding hydrogens is 368 g/mol. The van der Waals surface area contributed by atoms with Gasteiger partial charge in [-0.25, -0.2) is 8.42 Å². The van der Waals surface area contributed by atoms with Crippen molar-refractivity contribution in [1.29, 1.82) is 0 Å². The largest absolute Gasteiger partial charge is 0.502 e. The van der Waals surface area contributed by atoms with Gasteiger partial charge in [-0.05, 0) is 23.8 Å². The molecule has 0 heterocycles. The SMILES string of the molecule is CN(c1ccccc1-c1ccccc1)S(=O)(=O)c1ccc(O)c([N+](=O)[O-])c1. The molecule has 0 amide bonds. The monoisotopic (exact) mass is 384 g/mol. The lowest BCUT2D eigenvalue weighted by molar-refractivity contribution is -0.386. The average Bonchev–Trinajstić information content (AvgIpc) is 2.68. The molecule has 7 nitrogen and oxygen atoms in total. The molecule has 138 valence electrons. The second-order valence-corrected chi connectivity index (χ2v) is 7.73. The molecule has 3 aromatic rings. The first-order chi connectivity index (χ1) is 12.8. The Bertz CT molecular complexity index is 1100. The van der Waals surface area contributed by atoms with E-state index >= 15 is 0 Å². The molecule has 0 radical (unpaired) electrons. The highest BCUT2D eigenvalue weighted by atomic mass is 32.2. The number of nitro groups is 1. The minimum absolute atomic E-state index is 0.280. The average molecular weight is 384 g/mol. The zero-order chi connectivity index (χ0) is 19.6. The van der Waals surface area contributed by atoms with Crippen molar-refractivity contribution in [2.45, 2.75) is 4.90 Å². The van der Waals surface area contributed by atoms with Crippen LogP contribution in [0.5, 0.6) is 5.75 Å². The number of rotatable bonds is 5. The number of nitro benzene ring substituents is 1. The maximum atomic E-state index is 13.0. The normalized spacial score (nSPS) is 11.1. The van der Waals surface area contributed by atoms with Gasteiger partial charge in [0.2, 0.25) is 0 Å². The summed E-state index contributed by atoms with van der Waals surface area (Å²) < 4.78 is 27.1. The summed E-state index contributed by atoms with van der Waals surface area (Å²) in [6.45, 7) is 0. The quantitative estimate of drug-likeness (QED) is 0.533. The first-order valence-electron chi connectivity index (χ1n) is 7.93. The number of nitrogens with zero attached hydrogens (tertiary/aromatic N) is 2. The van der Waals surface area contributed by atoms with Gasteiger partial charge < -0.3 is 5.11 Å². The zero-order valence-electron chi connectivity index (χ0n) is 14.3. The van der Waals surface area contributed by atoms with Gasteiger partial charge in [0.05, 0.1) is 15.5 Å². The molecular formula is C19H16N2O5S. The van der Waals surface area contributed by atoms with E-state index in [-0.39, 0.29) is 4.90 Å². The van der Waals surface area contributed by atoms with E-state index in [4.69, 9.17) is 0 Å². The first-order valence-corrected chi connectivity index (χ1v) is 9.37. The van der Waals surface area contributed by atoms with Gasteiger partial charge in [-0.1, -0.05) is 48.5 Å². The Balaban J connectivity index is 2.10. The van der Waals surface area contributed by atoms with Crippen molar-refractivity contribution in [2.75, 3.05) is 11.4 Å². The van der Waals surface area contributed by atoms with Crippen molar-refractivity contribution in [3.05, 3.63) is 82.9 Å². The molecule has 0 aliphatic rings. The van der Waals surface area contributed by atoms with E-state index in [2.05, 4.69) is 0 Å². The van der Waals surface area contributed by atoms with Crippen LogP contribution in [0.4, 0.5) is 11.4 Å². The summed E-state index contributed by atoms with van der Waals surface area (Å²) in [5, 5.41) is 20.6. The van der Waals surface area contributed by atoms with Gasteiger partial charge in [0.1, 0.15) is 0 Å². The maximum Gasteiger partial charge on any atom is 0.312 e. The predicted molar refractivity (Wildman–Crippen MR) is 102 cm³/mol. The fraction of sp³-hybridized carbons (Fsp3) is 0.0526. The second kappa shape index (κ2) is 7.08. The van der Waals surface area contributed by atoms with Gasteiger partial charge in [0, 0.05) is 18.7 Å². The van der Waals surface area contributed by atoms with E-state index in [9.17, 15) is 23.6 Å². The molecule has 0 unspecified atom stereocenters. The van der Waals surface area contributed by atoms with Gasteiger partial charge in [-0.2, -0.15) is 0 Å². The number of phenols is 1. The van der Waals surface area contributed by atoms with Crippen molar-refractivity contribution < 1.29 is 18.4 Å². The van der Waals surface area contributed by atoms with Crippen LogP contribution in [-0.4, -0.2) is 25.5 Å². The van der Waals surface area contributed by atoms with E-state index in [1.54, 1.807) is 24.3 Å². The molecule has 1 N–H and O–H groups in total. The van der Waals surface area contributed by atoms with Crippen molar-refractivity contribution in [2.24, 2.45) is 0 Å². The van der Waals surface area contributed by atoms with Crippen LogP contribution in [0.3, 0.4) is 0 Å². The number of anilines is 1. The number of para-hydroxylation sites is 1. The lowest BCUT2D eigenvalue weighted by Gasteiger charge is -2.22. The molecule has 0 spiro atoms. The van der Waals surface area contributed by atoms with E-state index in [1.165, 1.54) is 7.05 Å². The van der Waals surface area contributed by atoms with Crippen molar-refractivity contribution in [3.8, 4) is 16.9 Å². The summed E-state index contributed by atoms with van der Waals surface area (Å²) >= 11 is 0. The molecule has 8 heteroatoms. The molecule has 0 fully saturated rings. The maximum absolute atomic E-state index is 13.0. The summed E-state index contributed by atoms with van der Waals surface area (Å²) in [5.74, 6) is -0.591. The number of aromatic hydroxyl groups is 1. The van der Waals surface area contributed by atoms with Gasteiger partial charge in [-0.15, -0.1) is 0 Å². The third-order valence-electron chi connectivity index (χ3n) is 4.13. The molecule has 0 saturated carbocycles. The second-order valence-electron chi connectivity index (χ2n) is 5.76. The topological polar surface area (TPSA) is 101 Å². The Kier molecular flexibility index (Phi) is 4.83. The van der Waals surface area contributed by atoms with Crippen LogP contribution in [0.2, 0.25) is 0 Å². The summed E-state index contributed by atoms with van der Waals surface area (Å²) in [7, 11) is -2.69. The van der Waals surface area contributed by atoms with Crippen LogP contribution in [0.1, 0.15) is 0 Å². The van der Waals surface area contributed by atoms with Crippen LogP contribution in [0.15, 0.2) is 77.7 Å². The number of benzene rings is 3. The standard InChI is InChI=1S/C19H16N2O5S/c1-20(17-10-6-5-9-16(17)14-7-3-2-4-8-14)27(25,26)15-11-12-19(22)18(13-15)21(23)24/h2-13,22H,1H3. The van der Waals surface area contributed by atoms with E-state index < -0.39 is 26.4 Å². The molecule has 0 atom stereocenters. The highest BCUT2D eigenvalue weighted by Crippen LogP contribution is 2.35. The molecule has 27 heavy (non-hydrogen) atoms. The Morgan fingerprint density at radius 3 is 2.26 bits per heavy atom. The number of hydrogen-bond donors (Lipinski definition) is 1. The molecule has 0 aliphatic heterocycles. The van der Waals surface area contributed by atoms with E-state index in [0.717, 1.165) is 28.1 Å². The van der Waals surface area contributed by atoms with Crippen LogP contribution in [0.25, 0.3) is 11.1 Å². The van der Waals surface area contributed by atoms with Crippen LogP contribution >= 0.6 is 0 Å². The predicted octanol–water partition coefficient (Wildman–Crippen LogP) is 3.79. The lowest BCUT2D eigenvalue weighted by atomic mass is 10.0. The Morgan fingerprint density at radius 2 is 1.59 bits per heavy atom. The van der Waals surface area contributed by atoms with Gasteiger partial charge in [-0.3, -0.25) is 14.4 Å². The Labute approximate surface area is 156 Å². The van der Waals surface area contributed by atoms with Crippen molar-refractivity contribution in [3.63, 3.8) is 0 Å². The fourth-order valence-corrected chi connectivity index (χ4v) is 3.94. The van der Waals surface area contributed by atoms with Crippen molar-refractivity contribution in [1.82, 2.24) is 0 Å². The summed E-state index contributed by atoms with van der Waals surface area (Å²) in [6.07, 6.45) is 0. The molecule has 0 bridgehead atoms. The van der Waals surface area contributed by atoms with Crippen LogP contribution in [-0.2, 0) is 10.0 Å². The number of phenolic OH excluding ortho intramolecular Hbond substituents is 1. The third-order valence-corrected chi connectivity index (χ3v) is 5.90. The molecule has 0 aliphatic carbocycles. The van der Waals surface area contributed by atoms with Crippen LogP contribution < -0.4 is 4.31 Å². The molecule has 0 saturated heterocycles. The number of hydrogen-bond acceptors (Lipinski definition) is 5. The summed E-state index contributed by atoms with van der Waals surface area (Å²) in [5.41, 5.74) is 1.31. The van der Waals surface area contributed by atoms with Crippen LogP contribution in [0, 0.1) is 10.1 Å². The minimum atomic E-state index is -4.08. The smallest absolute Gasteiger partial charge is 0.312 e. The minimum Gasteiger partial charge on any atom is -0.502 e. The highest BCUT2D eigenvalue weighted by Gasteiger charge is 2.26. The van der Waals surface area contributed by atoms with Gasteiger partial charge in [0.15, 0.2) is 5.75 Å². The van der Waals surface area contributed by atoms with Gasteiger partial charge in [0.25, 0.3) is 10.0 Å². The Hall–Kier alpha value is -3.39.